The number of anilines is 1. The van der Waals surface area contributed by atoms with Gasteiger partial charge in [0.05, 0.1) is 16.0 Å². The number of likely N-dealkylation sites (tertiary alicyclic amines) is 1. The van der Waals surface area contributed by atoms with Crippen molar-refractivity contribution >= 4 is 28.2 Å². The fourth-order valence-corrected chi connectivity index (χ4v) is 3.05. The zero-order chi connectivity index (χ0) is 13.4. The first kappa shape index (κ1) is 12.6. The van der Waals surface area contributed by atoms with E-state index in [9.17, 15) is 14.7 Å². The van der Waals surface area contributed by atoms with Crippen molar-refractivity contribution in [3.8, 4) is 0 Å². The Hall–Kier alpha value is -1.40. The number of thiophene rings is 1. The molecule has 1 saturated carbocycles. The molecule has 1 aromatic heterocycles. The second-order valence-corrected chi connectivity index (χ2v) is 6.20. The lowest BCUT2D eigenvalue weighted by molar-refractivity contribution is -0.117. The molecular weight excluding hydrogens is 264 g/mol. The SMILES string of the molecule is O=C(Nc1ccc(C(=O)N2CCC(O)C2)s1)C1CC1. The van der Waals surface area contributed by atoms with Crippen LogP contribution in [0.4, 0.5) is 5.00 Å². The minimum Gasteiger partial charge on any atom is -0.391 e. The fourth-order valence-electron chi connectivity index (χ4n) is 2.17. The van der Waals surface area contributed by atoms with Crippen LogP contribution in [0.2, 0.25) is 0 Å². The van der Waals surface area contributed by atoms with Crippen molar-refractivity contribution in [3.05, 3.63) is 17.0 Å². The van der Waals surface area contributed by atoms with Crippen LogP contribution in [0, 0.1) is 5.92 Å². The summed E-state index contributed by atoms with van der Waals surface area (Å²) in [5.41, 5.74) is 0. The van der Waals surface area contributed by atoms with Crippen molar-refractivity contribution in [2.24, 2.45) is 5.92 Å². The van der Waals surface area contributed by atoms with Crippen molar-refractivity contribution < 1.29 is 14.7 Å². The van der Waals surface area contributed by atoms with Gasteiger partial charge in [0.25, 0.3) is 5.91 Å². The second kappa shape index (κ2) is 4.94. The van der Waals surface area contributed by atoms with E-state index in [0.717, 1.165) is 17.8 Å². The molecule has 0 aromatic carbocycles. The molecule has 5 nitrogen and oxygen atoms in total. The quantitative estimate of drug-likeness (QED) is 0.877. The maximum Gasteiger partial charge on any atom is 0.264 e. The maximum absolute atomic E-state index is 12.2. The number of carbonyl (C=O) groups is 2. The molecule has 1 saturated heterocycles. The summed E-state index contributed by atoms with van der Waals surface area (Å²) in [5, 5.41) is 13.0. The van der Waals surface area contributed by atoms with E-state index in [1.807, 2.05) is 0 Å². The first-order valence-electron chi connectivity index (χ1n) is 6.51. The summed E-state index contributed by atoms with van der Waals surface area (Å²) in [7, 11) is 0. The van der Waals surface area contributed by atoms with Gasteiger partial charge in [0, 0.05) is 19.0 Å². The first-order valence-corrected chi connectivity index (χ1v) is 7.33. The summed E-state index contributed by atoms with van der Waals surface area (Å²) in [6, 6.07) is 3.50. The van der Waals surface area contributed by atoms with Crippen LogP contribution in [0.5, 0.6) is 0 Å². The highest BCUT2D eigenvalue weighted by Gasteiger charge is 2.30. The molecule has 0 bridgehead atoms. The Balaban J connectivity index is 1.63. The van der Waals surface area contributed by atoms with E-state index in [1.165, 1.54) is 11.3 Å². The Kier molecular flexibility index (Phi) is 3.28. The van der Waals surface area contributed by atoms with Gasteiger partial charge in [0.15, 0.2) is 0 Å². The lowest BCUT2D eigenvalue weighted by Gasteiger charge is -2.13. The maximum atomic E-state index is 12.2. The van der Waals surface area contributed by atoms with Crippen molar-refractivity contribution in [2.45, 2.75) is 25.4 Å². The molecular formula is C13H16N2O3S. The molecule has 0 radical (unpaired) electrons. The minimum atomic E-state index is -0.405. The van der Waals surface area contributed by atoms with Crippen LogP contribution < -0.4 is 5.32 Å². The fraction of sp³-hybridized carbons (Fsp3) is 0.538. The number of hydrogen-bond donors (Lipinski definition) is 2. The second-order valence-electron chi connectivity index (χ2n) is 5.12. The highest BCUT2D eigenvalue weighted by atomic mass is 32.1. The van der Waals surface area contributed by atoms with E-state index in [1.54, 1.807) is 17.0 Å². The van der Waals surface area contributed by atoms with Crippen molar-refractivity contribution in [1.29, 1.82) is 0 Å². The van der Waals surface area contributed by atoms with Crippen LogP contribution in [0.3, 0.4) is 0 Å². The lowest BCUT2D eigenvalue weighted by Crippen LogP contribution is -2.28. The minimum absolute atomic E-state index is 0.0532. The Morgan fingerprint density at radius 1 is 1.32 bits per heavy atom. The normalized spacial score (nSPS) is 22.6. The number of aliphatic hydroxyl groups is 1. The Bertz CT molecular complexity index is 510. The van der Waals surface area contributed by atoms with Gasteiger partial charge < -0.3 is 15.3 Å². The van der Waals surface area contributed by atoms with E-state index in [4.69, 9.17) is 0 Å². The number of nitrogens with one attached hydrogen (secondary N) is 1. The van der Waals surface area contributed by atoms with Gasteiger partial charge in [0.1, 0.15) is 0 Å². The van der Waals surface area contributed by atoms with Crippen LogP contribution in [0.15, 0.2) is 12.1 Å². The zero-order valence-corrected chi connectivity index (χ0v) is 11.3. The molecule has 1 unspecified atom stereocenters. The summed E-state index contributed by atoms with van der Waals surface area (Å²) >= 11 is 1.30. The number of amides is 2. The third-order valence-electron chi connectivity index (χ3n) is 3.46. The van der Waals surface area contributed by atoms with Crippen molar-refractivity contribution in [1.82, 2.24) is 4.90 Å². The summed E-state index contributed by atoms with van der Waals surface area (Å²) < 4.78 is 0. The van der Waals surface area contributed by atoms with Crippen molar-refractivity contribution in [3.63, 3.8) is 0 Å². The molecule has 1 aliphatic heterocycles. The summed E-state index contributed by atoms with van der Waals surface area (Å²) in [5.74, 6) is 0.154. The van der Waals surface area contributed by atoms with Gasteiger partial charge >= 0.3 is 0 Å². The molecule has 3 rings (SSSR count). The molecule has 2 aliphatic rings. The summed E-state index contributed by atoms with van der Waals surface area (Å²) in [4.78, 5) is 26.0. The molecule has 1 atom stereocenters. The molecule has 2 amide bonds. The Labute approximate surface area is 115 Å². The highest BCUT2D eigenvalue weighted by molar-refractivity contribution is 7.18. The highest BCUT2D eigenvalue weighted by Crippen LogP contribution is 2.32. The monoisotopic (exact) mass is 280 g/mol. The van der Waals surface area contributed by atoms with Crippen LogP contribution >= 0.6 is 11.3 Å². The third kappa shape index (κ3) is 2.79. The average Bonchev–Trinajstić information content (AvgIpc) is 3.00. The smallest absolute Gasteiger partial charge is 0.264 e. The van der Waals surface area contributed by atoms with Gasteiger partial charge in [-0.15, -0.1) is 11.3 Å². The number of β-amino-alcohol motifs (C(OH)–C–C–N with tert-alkyl or cyclic N) is 1. The molecule has 1 aliphatic carbocycles. The summed E-state index contributed by atoms with van der Waals surface area (Å²) in [6.45, 7) is 1.00. The van der Waals surface area contributed by atoms with Gasteiger partial charge in [-0.2, -0.15) is 0 Å². The number of carbonyl (C=O) groups excluding carboxylic acids is 2. The molecule has 2 fully saturated rings. The first-order chi connectivity index (χ1) is 9.13. The van der Waals surface area contributed by atoms with E-state index in [2.05, 4.69) is 5.32 Å². The van der Waals surface area contributed by atoms with Crippen LogP contribution in [-0.4, -0.2) is 41.0 Å². The van der Waals surface area contributed by atoms with Gasteiger partial charge in [-0.05, 0) is 31.4 Å². The van der Waals surface area contributed by atoms with E-state index in [-0.39, 0.29) is 17.7 Å². The van der Waals surface area contributed by atoms with E-state index >= 15 is 0 Å². The number of hydrogen-bond acceptors (Lipinski definition) is 4. The van der Waals surface area contributed by atoms with Crippen LogP contribution in [0.25, 0.3) is 0 Å². The standard InChI is InChI=1S/C13H16N2O3S/c16-9-5-6-15(7-9)13(18)10-3-4-11(19-10)14-12(17)8-1-2-8/h3-4,8-9,16H,1-2,5-7H2,(H,14,17). The molecule has 102 valence electrons. The molecule has 1 aromatic rings. The average molecular weight is 280 g/mol. The Morgan fingerprint density at radius 2 is 2.11 bits per heavy atom. The van der Waals surface area contributed by atoms with Crippen molar-refractivity contribution in [2.75, 3.05) is 18.4 Å². The molecule has 2 heterocycles. The number of nitrogens with zero attached hydrogens (tertiary/aromatic N) is 1. The molecule has 2 N–H and O–H groups in total. The van der Waals surface area contributed by atoms with E-state index < -0.39 is 6.10 Å². The van der Waals surface area contributed by atoms with Gasteiger partial charge in [-0.25, -0.2) is 0 Å². The van der Waals surface area contributed by atoms with Gasteiger partial charge in [-0.3, -0.25) is 9.59 Å². The predicted molar refractivity (Wildman–Crippen MR) is 72.2 cm³/mol. The summed E-state index contributed by atoms with van der Waals surface area (Å²) in [6.07, 6.45) is 2.17. The molecule has 0 spiro atoms. The number of rotatable bonds is 3. The van der Waals surface area contributed by atoms with Crippen LogP contribution in [-0.2, 0) is 4.79 Å². The Morgan fingerprint density at radius 3 is 2.74 bits per heavy atom. The van der Waals surface area contributed by atoms with Gasteiger partial charge in [0.2, 0.25) is 5.91 Å². The third-order valence-corrected chi connectivity index (χ3v) is 4.45. The molecule has 19 heavy (non-hydrogen) atoms. The largest absolute Gasteiger partial charge is 0.391 e. The predicted octanol–water partition coefficient (Wildman–Crippen LogP) is 1.30. The zero-order valence-electron chi connectivity index (χ0n) is 10.5. The number of aliphatic hydroxyl groups excluding tert-OH is 1. The van der Waals surface area contributed by atoms with Crippen LogP contribution in [0.1, 0.15) is 28.9 Å². The molecule has 6 heteroatoms. The van der Waals surface area contributed by atoms with E-state index in [0.29, 0.717) is 24.4 Å². The van der Waals surface area contributed by atoms with Gasteiger partial charge in [-0.1, -0.05) is 0 Å². The lowest BCUT2D eigenvalue weighted by atomic mass is 10.3. The topological polar surface area (TPSA) is 69.6 Å².